The lowest BCUT2D eigenvalue weighted by molar-refractivity contribution is -0.137. The third-order valence-corrected chi connectivity index (χ3v) is 2.44. The van der Waals surface area contributed by atoms with E-state index in [0.29, 0.717) is 12.2 Å². The monoisotopic (exact) mass is 255 g/mol. The van der Waals surface area contributed by atoms with Crippen molar-refractivity contribution >= 4 is 11.8 Å². The van der Waals surface area contributed by atoms with Crippen LogP contribution in [0.3, 0.4) is 0 Å². The third kappa shape index (κ3) is 3.76. The highest BCUT2D eigenvalue weighted by atomic mass is 16.5. The predicted octanol–water partition coefficient (Wildman–Crippen LogP) is 0.834. The molecule has 0 spiro atoms. The van der Waals surface area contributed by atoms with Gasteiger partial charge in [0.15, 0.2) is 5.82 Å². The first kappa shape index (κ1) is 14.0. The minimum Gasteiger partial charge on any atom is -0.489 e. The van der Waals surface area contributed by atoms with Gasteiger partial charge < -0.3 is 20.1 Å². The summed E-state index contributed by atoms with van der Waals surface area (Å²) in [4.78, 5) is 28.4. The number of hydrogen-bond donors (Lipinski definition) is 3. The number of nitrogens with one attached hydrogen (secondary N) is 2. The van der Waals surface area contributed by atoms with Crippen molar-refractivity contribution in [2.45, 2.75) is 32.2 Å². The second kappa shape index (κ2) is 5.52. The van der Waals surface area contributed by atoms with E-state index in [9.17, 15) is 9.59 Å². The molecule has 0 saturated heterocycles. The lowest BCUT2D eigenvalue weighted by Crippen LogP contribution is -2.33. The summed E-state index contributed by atoms with van der Waals surface area (Å²) in [5, 5.41) is 11.7. The predicted molar refractivity (Wildman–Crippen MR) is 66.0 cm³/mol. The van der Waals surface area contributed by atoms with Crippen molar-refractivity contribution in [1.29, 1.82) is 0 Å². The van der Waals surface area contributed by atoms with Crippen LogP contribution in [0.5, 0.6) is 5.75 Å². The maximum atomic E-state index is 11.5. The molecule has 0 radical (unpaired) electrons. The number of methoxy groups -OCH3 is 1. The van der Waals surface area contributed by atoms with E-state index in [4.69, 9.17) is 9.84 Å². The van der Waals surface area contributed by atoms with Gasteiger partial charge in [0.05, 0.1) is 13.4 Å². The SMILES string of the molecule is COc1c(NC(C)(C)CCC(=O)O)nc[nH]c1=O. The Morgan fingerprint density at radius 3 is 2.83 bits per heavy atom. The molecule has 0 fully saturated rings. The molecular weight excluding hydrogens is 238 g/mol. The molecule has 0 unspecified atom stereocenters. The van der Waals surface area contributed by atoms with Gasteiger partial charge in [0.1, 0.15) is 0 Å². The summed E-state index contributed by atoms with van der Waals surface area (Å²) in [6.07, 6.45) is 1.70. The van der Waals surface area contributed by atoms with Gasteiger partial charge >= 0.3 is 5.97 Å². The number of anilines is 1. The van der Waals surface area contributed by atoms with Crippen molar-refractivity contribution in [3.63, 3.8) is 0 Å². The summed E-state index contributed by atoms with van der Waals surface area (Å²) in [5.41, 5.74) is -0.893. The molecule has 0 aliphatic carbocycles. The molecule has 1 heterocycles. The van der Waals surface area contributed by atoms with Gasteiger partial charge in [0.25, 0.3) is 5.56 Å². The summed E-state index contributed by atoms with van der Waals surface area (Å²) in [7, 11) is 1.38. The molecule has 0 aromatic carbocycles. The van der Waals surface area contributed by atoms with Crippen LogP contribution in [0.25, 0.3) is 0 Å². The summed E-state index contributed by atoms with van der Waals surface area (Å²) in [5.74, 6) is -0.478. The first-order valence-corrected chi connectivity index (χ1v) is 5.47. The van der Waals surface area contributed by atoms with Crippen LogP contribution in [0.2, 0.25) is 0 Å². The number of carboxylic acids is 1. The first-order valence-electron chi connectivity index (χ1n) is 5.47. The fourth-order valence-electron chi connectivity index (χ4n) is 1.47. The third-order valence-electron chi connectivity index (χ3n) is 2.44. The van der Waals surface area contributed by atoms with Gasteiger partial charge in [-0.05, 0) is 20.3 Å². The summed E-state index contributed by atoms with van der Waals surface area (Å²) in [6.45, 7) is 3.66. The fraction of sp³-hybridized carbons (Fsp3) is 0.545. The number of rotatable bonds is 6. The van der Waals surface area contributed by atoms with Crippen molar-refractivity contribution in [3.8, 4) is 5.75 Å². The lowest BCUT2D eigenvalue weighted by Gasteiger charge is -2.26. The van der Waals surface area contributed by atoms with Crippen LogP contribution in [0.15, 0.2) is 11.1 Å². The molecule has 7 nitrogen and oxygen atoms in total. The van der Waals surface area contributed by atoms with Crippen LogP contribution in [-0.4, -0.2) is 33.7 Å². The zero-order chi connectivity index (χ0) is 13.8. The van der Waals surface area contributed by atoms with E-state index in [0.717, 1.165) is 0 Å². The van der Waals surface area contributed by atoms with E-state index < -0.39 is 11.5 Å². The van der Waals surface area contributed by atoms with E-state index in [1.807, 2.05) is 13.8 Å². The first-order chi connectivity index (χ1) is 8.35. The molecule has 0 saturated carbocycles. The highest BCUT2D eigenvalue weighted by molar-refractivity contribution is 5.67. The zero-order valence-electron chi connectivity index (χ0n) is 10.6. The minimum atomic E-state index is -0.865. The molecule has 0 bridgehead atoms. The lowest BCUT2D eigenvalue weighted by atomic mass is 9.98. The Morgan fingerprint density at radius 2 is 2.28 bits per heavy atom. The van der Waals surface area contributed by atoms with E-state index in [-0.39, 0.29) is 17.7 Å². The Morgan fingerprint density at radius 1 is 1.61 bits per heavy atom. The number of hydrogen-bond acceptors (Lipinski definition) is 5. The van der Waals surface area contributed by atoms with Gasteiger partial charge in [-0.15, -0.1) is 0 Å². The van der Waals surface area contributed by atoms with Crippen molar-refractivity contribution in [3.05, 3.63) is 16.7 Å². The van der Waals surface area contributed by atoms with Gasteiger partial charge in [-0.25, -0.2) is 4.98 Å². The van der Waals surface area contributed by atoms with Gasteiger partial charge in [-0.1, -0.05) is 0 Å². The van der Waals surface area contributed by atoms with Crippen molar-refractivity contribution in [2.75, 3.05) is 12.4 Å². The maximum absolute atomic E-state index is 11.5. The van der Waals surface area contributed by atoms with Gasteiger partial charge in [-0.2, -0.15) is 0 Å². The van der Waals surface area contributed by atoms with E-state index >= 15 is 0 Å². The number of nitrogens with zero attached hydrogens (tertiary/aromatic N) is 1. The number of aliphatic carboxylic acids is 1. The fourth-order valence-corrected chi connectivity index (χ4v) is 1.47. The molecule has 0 aliphatic heterocycles. The largest absolute Gasteiger partial charge is 0.489 e. The zero-order valence-corrected chi connectivity index (χ0v) is 10.6. The number of carbonyl (C=O) groups is 1. The number of H-pyrrole nitrogens is 1. The Balaban J connectivity index is 2.86. The molecule has 0 atom stereocenters. The Kier molecular flexibility index (Phi) is 4.30. The van der Waals surface area contributed by atoms with Gasteiger partial charge in [0, 0.05) is 12.0 Å². The second-order valence-corrected chi connectivity index (χ2v) is 4.52. The maximum Gasteiger partial charge on any atom is 0.303 e. The quantitative estimate of drug-likeness (QED) is 0.695. The van der Waals surface area contributed by atoms with Crippen LogP contribution in [-0.2, 0) is 4.79 Å². The van der Waals surface area contributed by atoms with Crippen molar-refractivity contribution in [1.82, 2.24) is 9.97 Å². The van der Waals surface area contributed by atoms with E-state index in [1.54, 1.807) is 0 Å². The van der Waals surface area contributed by atoms with Crippen LogP contribution in [0.4, 0.5) is 5.82 Å². The van der Waals surface area contributed by atoms with Crippen molar-refractivity contribution in [2.24, 2.45) is 0 Å². The molecule has 100 valence electrons. The van der Waals surface area contributed by atoms with Crippen LogP contribution in [0.1, 0.15) is 26.7 Å². The number of ether oxygens (including phenoxy) is 1. The topological polar surface area (TPSA) is 104 Å². The molecule has 3 N–H and O–H groups in total. The highest BCUT2D eigenvalue weighted by Gasteiger charge is 2.22. The standard InChI is InChI=1S/C11H17N3O4/c1-11(2,5-4-7(15)16)14-9-8(18-3)10(17)13-6-12-9/h6H,4-5H2,1-3H3,(H,15,16)(H2,12,13,14,17). The van der Waals surface area contributed by atoms with Gasteiger partial charge in [-0.3, -0.25) is 9.59 Å². The number of aromatic amines is 1. The van der Waals surface area contributed by atoms with Crippen LogP contribution in [0, 0.1) is 0 Å². The summed E-state index contributed by atoms with van der Waals surface area (Å²) < 4.78 is 4.96. The smallest absolute Gasteiger partial charge is 0.303 e. The molecule has 7 heteroatoms. The average Bonchev–Trinajstić information content (AvgIpc) is 2.26. The Hall–Kier alpha value is -2.05. The summed E-state index contributed by atoms with van der Waals surface area (Å²) in [6, 6.07) is 0. The molecule has 1 rings (SSSR count). The molecule has 1 aromatic heterocycles. The second-order valence-electron chi connectivity index (χ2n) is 4.52. The molecule has 18 heavy (non-hydrogen) atoms. The Bertz CT molecular complexity index is 481. The molecular formula is C11H17N3O4. The Labute approximate surface area is 104 Å². The molecule has 0 amide bonds. The summed E-state index contributed by atoms with van der Waals surface area (Å²) >= 11 is 0. The average molecular weight is 255 g/mol. The van der Waals surface area contributed by atoms with Crippen LogP contribution < -0.4 is 15.6 Å². The number of carboxylic acid groups (broad SMARTS) is 1. The molecule has 0 aliphatic rings. The van der Waals surface area contributed by atoms with E-state index in [1.165, 1.54) is 13.4 Å². The number of aromatic nitrogens is 2. The molecule has 1 aromatic rings. The van der Waals surface area contributed by atoms with Crippen molar-refractivity contribution < 1.29 is 14.6 Å². The van der Waals surface area contributed by atoms with E-state index in [2.05, 4.69) is 15.3 Å². The minimum absolute atomic E-state index is 0.0332. The normalized spacial score (nSPS) is 11.1. The highest BCUT2D eigenvalue weighted by Crippen LogP contribution is 2.22. The van der Waals surface area contributed by atoms with Gasteiger partial charge in [0.2, 0.25) is 5.75 Å². The van der Waals surface area contributed by atoms with Crippen LogP contribution >= 0.6 is 0 Å².